The minimum atomic E-state index is -2.62. The van der Waals surface area contributed by atoms with Crippen LogP contribution >= 0.6 is 0 Å². The molecule has 0 unspecified atom stereocenters. The van der Waals surface area contributed by atoms with Crippen LogP contribution in [0.25, 0.3) is 5.76 Å². The maximum atomic E-state index is 13.9. The molecule has 1 aromatic carbocycles. The summed E-state index contributed by atoms with van der Waals surface area (Å²) in [5.41, 5.74) is 3.96. The first-order chi connectivity index (χ1) is 21.5. The Morgan fingerprint density at radius 1 is 1.07 bits per heavy atom. The summed E-state index contributed by atoms with van der Waals surface area (Å²) < 4.78 is 0. The van der Waals surface area contributed by atoms with Gasteiger partial charge in [-0.3, -0.25) is 24.2 Å². The summed E-state index contributed by atoms with van der Waals surface area (Å²) in [5.74, 6) is -6.46. The number of hydrogen-bond acceptors (Lipinski definition) is 9. The number of carbonyl (C=O) groups excluding carboxylic acids is 4. The van der Waals surface area contributed by atoms with E-state index in [1.807, 2.05) is 6.07 Å². The molecule has 45 heavy (non-hydrogen) atoms. The van der Waals surface area contributed by atoms with Crippen LogP contribution < -0.4 is 11.1 Å². The van der Waals surface area contributed by atoms with Gasteiger partial charge in [-0.15, -0.1) is 0 Å². The molecule has 1 heterocycles. The van der Waals surface area contributed by atoms with E-state index in [1.54, 1.807) is 18.3 Å². The lowest BCUT2D eigenvalue weighted by molar-refractivity contribution is -0.147. The average Bonchev–Trinajstić information content (AvgIpc) is 3.02. The van der Waals surface area contributed by atoms with Crippen LogP contribution in [0.4, 0.5) is 0 Å². The number of amides is 2. The summed E-state index contributed by atoms with van der Waals surface area (Å²) in [6.07, 6.45) is 10.4. The molecular weight excluding hydrogens is 578 g/mol. The predicted molar refractivity (Wildman–Crippen MR) is 162 cm³/mol. The number of hydrogen-bond donors (Lipinski definition) is 6. The monoisotopic (exact) mass is 615 g/mol. The highest BCUT2D eigenvalue weighted by molar-refractivity contribution is 6.22. The van der Waals surface area contributed by atoms with Gasteiger partial charge in [-0.2, -0.15) is 0 Å². The molecule has 7 N–H and O–H groups in total. The van der Waals surface area contributed by atoms with E-state index in [0.29, 0.717) is 29.0 Å². The number of pyridine rings is 1. The predicted octanol–water partition coefficient (Wildman–Crippen LogP) is 3.26. The molecule has 236 valence electrons. The van der Waals surface area contributed by atoms with E-state index >= 15 is 0 Å². The number of benzene rings is 1. The van der Waals surface area contributed by atoms with E-state index in [9.17, 15) is 39.6 Å². The van der Waals surface area contributed by atoms with Gasteiger partial charge in [-0.25, -0.2) is 0 Å². The third kappa shape index (κ3) is 5.18. The van der Waals surface area contributed by atoms with Crippen LogP contribution in [0, 0.1) is 17.8 Å². The zero-order valence-corrected chi connectivity index (χ0v) is 24.8. The molecule has 4 aliphatic rings. The van der Waals surface area contributed by atoms with E-state index in [-0.39, 0.29) is 42.7 Å². The van der Waals surface area contributed by atoms with Crippen molar-refractivity contribution in [2.75, 3.05) is 0 Å². The molecule has 0 spiro atoms. The van der Waals surface area contributed by atoms with Crippen molar-refractivity contribution in [3.63, 3.8) is 0 Å². The largest absolute Gasteiger partial charge is 0.508 e. The number of nitrogens with two attached hydrogens (primary N) is 1. The Balaban J connectivity index is 1.41. The van der Waals surface area contributed by atoms with Gasteiger partial charge in [0.15, 0.2) is 11.4 Å². The molecule has 2 fully saturated rings. The van der Waals surface area contributed by atoms with Crippen LogP contribution in [0.2, 0.25) is 0 Å². The summed E-state index contributed by atoms with van der Waals surface area (Å²) in [6, 6.07) is 5.09. The Morgan fingerprint density at radius 3 is 2.51 bits per heavy atom. The second kappa shape index (κ2) is 11.8. The van der Waals surface area contributed by atoms with Gasteiger partial charge in [0.2, 0.25) is 5.78 Å². The van der Waals surface area contributed by atoms with Crippen LogP contribution in [0.1, 0.15) is 84.0 Å². The van der Waals surface area contributed by atoms with Gasteiger partial charge >= 0.3 is 0 Å². The van der Waals surface area contributed by atoms with Gasteiger partial charge in [0.25, 0.3) is 11.8 Å². The normalized spacial score (nSPS) is 25.0. The molecule has 2 aromatic rings. The molecule has 6 rings (SSSR count). The van der Waals surface area contributed by atoms with E-state index in [0.717, 1.165) is 24.8 Å². The Labute approximate surface area is 259 Å². The first-order valence-corrected chi connectivity index (χ1v) is 15.5. The van der Waals surface area contributed by atoms with Crippen LogP contribution in [0.15, 0.2) is 47.5 Å². The van der Waals surface area contributed by atoms with Gasteiger partial charge in [0.05, 0.1) is 11.1 Å². The number of nitrogens with one attached hydrogen (secondary N) is 1. The van der Waals surface area contributed by atoms with Gasteiger partial charge in [0.1, 0.15) is 22.8 Å². The van der Waals surface area contributed by atoms with Crippen molar-refractivity contribution in [2.45, 2.75) is 76.4 Å². The maximum Gasteiger partial charge on any atom is 0.255 e. The lowest BCUT2D eigenvalue weighted by atomic mass is 9.59. The summed E-state index contributed by atoms with van der Waals surface area (Å²) in [6.45, 7) is -0.0666. The second-order valence-electron chi connectivity index (χ2n) is 12.8. The molecule has 11 nitrogen and oxygen atoms in total. The summed E-state index contributed by atoms with van der Waals surface area (Å²) in [5, 5.41) is 48.4. The van der Waals surface area contributed by atoms with Crippen molar-refractivity contribution in [3.8, 4) is 5.75 Å². The fraction of sp³-hybridized carbons (Fsp3) is 0.441. The van der Waals surface area contributed by atoms with Crippen molar-refractivity contribution >= 4 is 29.1 Å². The number of aryl methyl sites for hydroxylation is 1. The van der Waals surface area contributed by atoms with Gasteiger partial charge < -0.3 is 31.5 Å². The maximum absolute atomic E-state index is 13.9. The number of aromatic nitrogens is 1. The molecule has 4 aliphatic carbocycles. The van der Waals surface area contributed by atoms with Crippen molar-refractivity contribution in [1.82, 2.24) is 10.3 Å². The molecule has 1 aromatic heterocycles. The molecule has 0 radical (unpaired) electrons. The molecule has 11 heteroatoms. The van der Waals surface area contributed by atoms with Crippen molar-refractivity contribution < 1.29 is 39.6 Å². The second-order valence-corrected chi connectivity index (χ2v) is 12.8. The van der Waals surface area contributed by atoms with E-state index in [1.165, 1.54) is 25.5 Å². The molecule has 3 atom stereocenters. The molecule has 2 amide bonds. The van der Waals surface area contributed by atoms with Gasteiger partial charge in [-0.1, -0.05) is 38.2 Å². The smallest absolute Gasteiger partial charge is 0.255 e. The molecule has 0 bridgehead atoms. The number of aromatic hydroxyl groups is 1. The quantitative estimate of drug-likeness (QED) is 0.253. The number of ketones is 2. The lowest BCUT2D eigenvalue weighted by Crippen LogP contribution is -2.58. The van der Waals surface area contributed by atoms with E-state index in [4.69, 9.17) is 5.73 Å². The summed E-state index contributed by atoms with van der Waals surface area (Å²) in [7, 11) is 0. The zero-order chi connectivity index (χ0) is 32.0. The number of primary amides is 1. The highest BCUT2D eigenvalue weighted by atomic mass is 16.3. The Hall–Kier alpha value is -4.51. The number of Topliss-reactive ketones (excluding diaryl/α,β-unsaturated/α-hetero) is 2. The summed E-state index contributed by atoms with van der Waals surface area (Å²) >= 11 is 0. The van der Waals surface area contributed by atoms with E-state index < -0.39 is 57.9 Å². The first-order valence-electron chi connectivity index (χ1n) is 15.5. The number of nitrogens with zero attached hydrogens (tertiary/aromatic N) is 1. The van der Waals surface area contributed by atoms with E-state index in [2.05, 4.69) is 10.3 Å². The Kier molecular flexibility index (Phi) is 7.98. The van der Waals surface area contributed by atoms with Gasteiger partial charge in [0, 0.05) is 42.4 Å². The standard InChI is InChI=1S/C34H37N3O8/c35-32(43)27-24(38)14-22-12-20-13-23-18(9-8-17-5-2-1-3-6-17)11-21(16-37-33(44)19-7-4-10-36-15-19)28(39)26(23)29(40)25(20)30(41)34(22,45)31(27)42/h4,7,10-11,15,17,20,22,39-40,42,45H,1-3,5-6,8-9,12-14,16H2,(H2,35,43)(H,37,44)/t20-,22+,34+/m1/s1. The Morgan fingerprint density at radius 2 is 1.82 bits per heavy atom. The summed E-state index contributed by atoms with van der Waals surface area (Å²) in [4.78, 5) is 55.3. The van der Waals surface area contributed by atoms with Crippen molar-refractivity contribution in [1.29, 1.82) is 0 Å². The minimum absolute atomic E-state index is 0.0499. The Bertz CT molecular complexity index is 1660. The highest BCUT2D eigenvalue weighted by Gasteiger charge is 2.60. The van der Waals surface area contributed by atoms with Crippen LogP contribution in [-0.2, 0) is 33.8 Å². The number of phenols is 1. The number of aliphatic hydroxyl groups excluding tert-OH is 2. The molecular formula is C34H37N3O8. The zero-order valence-electron chi connectivity index (χ0n) is 24.8. The van der Waals surface area contributed by atoms with Crippen LogP contribution in [0.5, 0.6) is 5.75 Å². The van der Waals surface area contributed by atoms with Crippen molar-refractivity contribution in [2.24, 2.45) is 23.5 Å². The molecule has 0 saturated heterocycles. The van der Waals surface area contributed by atoms with Crippen molar-refractivity contribution in [3.05, 3.63) is 75.3 Å². The lowest BCUT2D eigenvalue weighted by Gasteiger charge is -2.46. The minimum Gasteiger partial charge on any atom is -0.508 e. The third-order valence-corrected chi connectivity index (χ3v) is 10.1. The molecule has 0 aliphatic heterocycles. The number of aliphatic hydroxyl groups is 3. The number of fused-ring (bicyclic) bond motifs is 3. The number of phenolic OH excluding ortho intramolecular Hbond substituents is 1. The highest BCUT2D eigenvalue weighted by Crippen LogP contribution is 2.53. The number of rotatable bonds is 7. The third-order valence-electron chi connectivity index (χ3n) is 10.1. The van der Waals surface area contributed by atoms with Crippen LogP contribution in [-0.4, -0.2) is 54.4 Å². The van der Waals surface area contributed by atoms with Crippen LogP contribution in [0.3, 0.4) is 0 Å². The number of carbonyl (C=O) groups is 4. The average molecular weight is 616 g/mol. The fourth-order valence-electron chi connectivity index (χ4n) is 7.80. The fourth-order valence-corrected chi connectivity index (χ4v) is 7.80. The SMILES string of the molecule is NC(=O)C1=C(O)[C@@]2(O)C(=O)C3=C(O)c4c(O)c(CNC(=O)c5cccnc5)cc(CCC5CCCCC5)c4C[C@H]3C[C@H]2CC1=O. The van der Waals surface area contributed by atoms with Gasteiger partial charge in [-0.05, 0) is 60.8 Å². The topological polar surface area (TPSA) is 200 Å². The first kappa shape index (κ1) is 30.5. The molecule has 2 saturated carbocycles.